The molecule has 376 valence electrons. The highest BCUT2D eigenvalue weighted by Gasteiger charge is 2.45. The maximum atomic E-state index is 12.9. The van der Waals surface area contributed by atoms with E-state index in [0.717, 1.165) is 82.9 Å². The van der Waals surface area contributed by atoms with Gasteiger partial charge in [0.1, 0.15) is 18.2 Å². The molecule has 0 fully saturated rings. The van der Waals surface area contributed by atoms with Gasteiger partial charge in [0, 0.05) is 79.7 Å². The van der Waals surface area contributed by atoms with Crippen LogP contribution in [0.25, 0.3) is 0 Å². The Balaban J connectivity index is 1.17. The number of carbonyl (C=O) groups is 2. The van der Waals surface area contributed by atoms with E-state index in [0.29, 0.717) is 55.3 Å². The van der Waals surface area contributed by atoms with E-state index in [1.807, 2.05) is 42.7 Å². The third-order valence-corrected chi connectivity index (χ3v) is 14.9. The summed E-state index contributed by atoms with van der Waals surface area (Å²) in [4.78, 5) is 38.7. The van der Waals surface area contributed by atoms with Gasteiger partial charge in [-0.2, -0.15) is 31.4 Å². The van der Waals surface area contributed by atoms with Gasteiger partial charge < -0.3 is 15.3 Å². The molecule has 0 bridgehead atoms. The molecule has 0 saturated heterocycles. The summed E-state index contributed by atoms with van der Waals surface area (Å²) in [6.07, 6.45) is 22.5. The summed E-state index contributed by atoms with van der Waals surface area (Å²) < 4.78 is 68.5. The second-order valence-corrected chi connectivity index (χ2v) is 22.1. The molecule has 2 aliphatic heterocycles. The van der Waals surface area contributed by atoms with E-state index in [-0.39, 0.29) is 40.8 Å². The van der Waals surface area contributed by atoms with Crippen LogP contribution in [0.2, 0.25) is 5.28 Å². The molecule has 15 nitrogen and oxygen atoms in total. The van der Waals surface area contributed by atoms with Crippen LogP contribution in [0.15, 0.2) is 83.4 Å². The number of unbranched alkanes of at least 4 members (excludes halogenated alkanes) is 7. The summed E-state index contributed by atoms with van der Waals surface area (Å²) >= 11 is 6.15. The SMILES string of the molecule is CCCCN1C(=CC=CC=CC2=[N+](CCCS(=O)(=O)O)c3ccc(S(=O)(=O)O)cc3C2(C)C)C(C)(CCCCCC(=O)CCCCCc2nc(Cl)nc(NCCCCCC(=O)O)n2)c2ccccc21. The van der Waals surface area contributed by atoms with Gasteiger partial charge in [0.2, 0.25) is 16.9 Å². The van der Waals surface area contributed by atoms with E-state index in [1.54, 1.807) is 6.07 Å². The summed E-state index contributed by atoms with van der Waals surface area (Å²) in [5.41, 5.74) is 4.93. The van der Waals surface area contributed by atoms with Crippen molar-refractivity contribution in [3.63, 3.8) is 0 Å². The maximum Gasteiger partial charge on any atom is 0.303 e. The molecule has 0 aliphatic carbocycles. The Morgan fingerprint density at radius 2 is 1.52 bits per heavy atom. The first-order valence-electron chi connectivity index (χ1n) is 24.3. The third kappa shape index (κ3) is 15.8. The number of anilines is 2. The van der Waals surface area contributed by atoms with Crippen molar-refractivity contribution in [1.82, 2.24) is 15.0 Å². The highest BCUT2D eigenvalue weighted by molar-refractivity contribution is 7.86. The Morgan fingerprint density at radius 3 is 2.23 bits per heavy atom. The molecule has 5 rings (SSSR count). The van der Waals surface area contributed by atoms with Crippen molar-refractivity contribution >= 4 is 66.6 Å². The quantitative estimate of drug-likeness (QED) is 0.0211. The first kappa shape index (κ1) is 55.1. The number of Topliss-reactive ketones (excluding diaryl/α,β-unsaturated/α-hetero) is 1. The number of carboxylic acids is 1. The molecule has 18 heteroatoms. The zero-order valence-electron chi connectivity index (χ0n) is 40.5. The molecule has 3 aromatic rings. The van der Waals surface area contributed by atoms with E-state index in [2.05, 4.69) is 69.4 Å². The van der Waals surface area contributed by atoms with Crippen LogP contribution < -0.4 is 10.2 Å². The molecule has 1 atom stereocenters. The lowest BCUT2D eigenvalue weighted by atomic mass is 9.77. The molecule has 69 heavy (non-hydrogen) atoms. The zero-order chi connectivity index (χ0) is 50.2. The number of rotatable bonds is 30. The van der Waals surface area contributed by atoms with Crippen molar-refractivity contribution < 1.29 is 45.2 Å². The van der Waals surface area contributed by atoms with Crippen molar-refractivity contribution in [2.75, 3.05) is 35.6 Å². The van der Waals surface area contributed by atoms with Crippen LogP contribution in [0.5, 0.6) is 0 Å². The number of nitrogens with zero attached hydrogens (tertiary/aromatic N) is 5. The van der Waals surface area contributed by atoms with E-state index < -0.39 is 37.4 Å². The number of benzene rings is 2. The lowest BCUT2D eigenvalue weighted by Crippen LogP contribution is -2.29. The summed E-state index contributed by atoms with van der Waals surface area (Å²) in [7, 11) is -8.64. The van der Waals surface area contributed by atoms with Crippen molar-refractivity contribution in [1.29, 1.82) is 0 Å². The number of carboxylic acid groups (broad SMARTS) is 1. The highest BCUT2D eigenvalue weighted by atomic mass is 35.5. The van der Waals surface area contributed by atoms with Gasteiger partial charge in [-0.3, -0.25) is 18.7 Å². The van der Waals surface area contributed by atoms with Crippen molar-refractivity contribution in [2.45, 2.75) is 153 Å². The van der Waals surface area contributed by atoms with Crippen LogP contribution in [0.3, 0.4) is 0 Å². The van der Waals surface area contributed by atoms with Crippen molar-refractivity contribution in [2.24, 2.45) is 0 Å². The van der Waals surface area contributed by atoms with Gasteiger partial charge in [-0.15, -0.1) is 0 Å². The molecule has 0 saturated carbocycles. The van der Waals surface area contributed by atoms with Gasteiger partial charge in [-0.1, -0.05) is 75.5 Å². The van der Waals surface area contributed by atoms with Crippen LogP contribution in [-0.2, 0) is 47.1 Å². The standard InChI is InChI=1S/C51H69ClN6O9S2/c1-5-6-34-58-42-25-18-17-24-40(42)51(4,32-19-9-12-23-38(59)22-11-7-15-28-46-54-48(52)56-49(55-46)53-33-20-10-16-29-47(60)61)45(58)27-14-8-13-26-44-50(2,3)41-37-39(69(65,66)67)30-31-43(41)57(44)35-21-36-68(62,63)64/h8,13-14,17-18,24-27,30-31,37H,5-7,9-12,15-16,19-23,28-29,32-36H2,1-4H3,(H3-,53,54,55,56,60,61,62,63,64,65,66,67)/p+1. The molecule has 3 heterocycles. The number of fused-ring (bicyclic) bond motifs is 2. The number of aryl methyl sites for hydroxylation is 1. The van der Waals surface area contributed by atoms with Crippen LogP contribution in [0.4, 0.5) is 17.3 Å². The maximum absolute atomic E-state index is 12.9. The van der Waals surface area contributed by atoms with Gasteiger partial charge >= 0.3 is 5.97 Å². The number of aliphatic carboxylic acids is 1. The van der Waals surface area contributed by atoms with E-state index in [1.165, 1.54) is 29.1 Å². The zero-order valence-corrected chi connectivity index (χ0v) is 42.9. The van der Waals surface area contributed by atoms with Crippen LogP contribution in [-0.4, -0.2) is 93.4 Å². The molecule has 0 amide bonds. The number of aromatic nitrogens is 3. The Bertz CT molecular complexity index is 2630. The minimum atomic E-state index is -4.46. The first-order valence-corrected chi connectivity index (χ1v) is 27.7. The number of carbonyl (C=O) groups excluding carboxylic acids is 1. The molecule has 2 aromatic carbocycles. The van der Waals surface area contributed by atoms with E-state index in [9.17, 15) is 35.5 Å². The number of halogens is 1. The van der Waals surface area contributed by atoms with Gasteiger partial charge in [-0.05, 0) is 107 Å². The largest absolute Gasteiger partial charge is 0.481 e. The summed E-state index contributed by atoms with van der Waals surface area (Å²) in [5.74, 6) is 0.0842. The number of allylic oxidation sites excluding steroid dienone is 6. The van der Waals surface area contributed by atoms with Crippen molar-refractivity contribution in [3.8, 4) is 0 Å². The van der Waals surface area contributed by atoms with Crippen LogP contribution in [0.1, 0.15) is 147 Å². The van der Waals surface area contributed by atoms with Crippen LogP contribution >= 0.6 is 11.6 Å². The molecule has 0 spiro atoms. The minimum absolute atomic E-state index is 0.127. The number of hydrogen-bond donors (Lipinski definition) is 4. The topological polar surface area (TPSA) is 220 Å². The van der Waals surface area contributed by atoms with Crippen LogP contribution in [0, 0.1) is 0 Å². The molecule has 1 unspecified atom stereocenters. The lowest BCUT2D eigenvalue weighted by molar-refractivity contribution is -0.437. The molecule has 2 aliphatic rings. The molecule has 0 radical (unpaired) electrons. The summed E-state index contributed by atoms with van der Waals surface area (Å²) in [6.45, 7) is 10.2. The Kier molecular flexibility index (Phi) is 20.3. The highest BCUT2D eigenvalue weighted by Crippen LogP contribution is 2.51. The molecular weight excluding hydrogens is 940 g/mol. The van der Waals surface area contributed by atoms with Gasteiger partial charge in [0.15, 0.2) is 5.71 Å². The van der Waals surface area contributed by atoms with E-state index >= 15 is 0 Å². The average molecular weight is 1010 g/mol. The van der Waals surface area contributed by atoms with Gasteiger partial charge in [-0.25, -0.2) is 4.98 Å². The molecular formula is C51H70ClN6O9S2+. The minimum Gasteiger partial charge on any atom is -0.481 e. The fraction of sp³-hybridized carbons (Fsp3) is 0.529. The predicted octanol–water partition coefficient (Wildman–Crippen LogP) is 10.4. The summed E-state index contributed by atoms with van der Waals surface area (Å²) in [5, 5.41) is 12.1. The fourth-order valence-electron chi connectivity index (χ4n) is 9.40. The Morgan fingerprint density at radius 1 is 0.812 bits per heavy atom. The number of nitrogens with one attached hydrogen (secondary N) is 1. The fourth-order valence-corrected chi connectivity index (χ4v) is 10.6. The first-order chi connectivity index (χ1) is 32.7. The van der Waals surface area contributed by atoms with E-state index in [4.69, 9.17) is 16.7 Å². The Labute approximate surface area is 413 Å². The second kappa shape index (κ2) is 25.3. The second-order valence-electron chi connectivity index (χ2n) is 18.7. The number of ketones is 1. The Hall–Kier alpha value is -4.81. The molecule has 1 aromatic heterocycles. The van der Waals surface area contributed by atoms with Gasteiger partial charge in [0.25, 0.3) is 20.2 Å². The average Bonchev–Trinajstić information content (AvgIpc) is 3.64. The summed E-state index contributed by atoms with van der Waals surface area (Å²) in [6, 6.07) is 13.0. The lowest BCUT2D eigenvalue weighted by Gasteiger charge is -2.30. The van der Waals surface area contributed by atoms with Crippen molar-refractivity contribution in [3.05, 3.63) is 101 Å². The normalized spacial score (nSPS) is 17.4. The smallest absolute Gasteiger partial charge is 0.303 e. The predicted molar refractivity (Wildman–Crippen MR) is 272 cm³/mol. The van der Waals surface area contributed by atoms with Gasteiger partial charge in [0.05, 0.1) is 16.1 Å². The monoisotopic (exact) mass is 1010 g/mol. The molecule has 4 N–H and O–H groups in total. The third-order valence-electron chi connectivity index (χ3n) is 13.0. The number of hydrogen-bond acceptors (Lipinski definition) is 11. The number of para-hydroxylation sites is 1.